The first-order valence-corrected chi connectivity index (χ1v) is 12.5. The lowest BCUT2D eigenvalue weighted by Crippen LogP contribution is -2.44. The summed E-state index contributed by atoms with van der Waals surface area (Å²) in [4.78, 5) is 19.7. The Bertz CT molecular complexity index is 1220. The minimum Gasteiger partial charge on any atom is -0.393 e. The second-order valence-corrected chi connectivity index (χ2v) is 11.6. The Labute approximate surface area is 206 Å². The van der Waals surface area contributed by atoms with Gasteiger partial charge in [-0.3, -0.25) is 4.79 Å². The average molecular weight is 475 g/mol. The molecule has 3 aliphatic rings. The van der Waals surface area contributed by atoms with E-state index >= 15 is 0 Å². The first-order chi connectivity index (χ1) is 16.6. The number of aliphatic hydroxyl groups is 1. The van der Waals surface area contributed by atoms with Gasteiger partial charge in [0, 0.05) is 11.3 Å². The van der Waals surface area contributed by atoms with Gasteiger partial charge in [-0.1, -0.05) is 26.0 Å². The van der Waals surface area contributed by atoms with Crippen LogP contribution in [0.5, 0.6) is 0 Å². The van der Waals surface area contributed by atoms with Gasteiger partial charge >= 0.3 is 0 Å². The van der Waals surface area contributed by atoms with E-state index in [1.165, 1.54) is 17.3 Å². The van der Waals surface area contributed by atoms with E-state index in [0.717, 1.165) is 56.2 Å². The molecule has 2 aliphatic heterocycles. The smallest absolute Gasteiger partial charge is 0.291 e. The molecule has 184 valence electrons. The molecule has 2 aromatic rings. The molecule has 2 unspecified atom stereocenters. The monoisotopic (exact) mass is 474 g/mol. The van der Waals surface area contributed by atoms with Crippen molar-refractivity contribution in [1.82, 2.24) is 9.97 Å². The van der Waals surface area contributed by atoms with E-state index in [1.54, 1.807) is 0 Å². The average Bonchev–Trinajstić information content (AvgIpc) is 3.41. The maximum Gasteiger partial charge on any atom is 0.291 e. The van der Waals surface area contributed by atoms with Gasteiger partial charge in [0.05, 0.1) is 24.0 Å². The molecule has 3 atom stereocenters. The van der Waals surface area contributed by atoms with E-state index in [2.05, 4.69) is 54.3 Å². The molecular weight excluding hydrogens is 440 g/mol. The molecule has 2 fully saturated rings. The number of fused-ring (bicyclic) bond motifs is 2. The Kier molecular flexibility index (Phi) is 5.85. The van der Waals surface area contributed by atoms with Crippen molar-refractivity contribution in [3.8, 4) is 6.07 Å². The molecular formula is C28H34N4O3. The number of allylic oxidation sites excluding steroid dienone is 2. The lowest BCUT2D eigenvalue weighted by atomic mass is 9.75. The van der Waals surface area contributed by atoms with Gasteiger partial charge in [-0.05, 0) is 86.5 Å². The molecule has 35 heavy (non-hydrogen) atoms. The van der Waals surface area contributed by atoms with Gasteiger partial charge in [-0.15, -0.1) is 0 Å². The number of aliphatic hydroxyl groups excluding tert-OH is 1. The van der Waals surface area contributed by atoms with E-state index in [0.29, 0.717) is 0 Å². The Morgan fingerprint density at radius 3 is 2.80 bits per heavy atom. The summed E-state index contributed by atoms with van der Waals surface area (Å²) >= 11 is 0. The zero-order valence-electron chi connectivity index (χ0n) is 20.8. The number of rotatable bonds is 5. The van der Waals surface area contributed by atoms with Crippen LogP contribution in [0, 0.1) is 16.7 Å². The normalized spacial score (nSPS) is 29.3. The number of carbonyl (C=O) groups is 1. The van der Waals surface area contributed by atoms with Crippen molar-refractivity contribution < 1.29 is 14.6 Å². The zero-order chi connectivity index (χ0) is 24.8. The zero-order valence-corrected chi connectivity index (χ0v) is 20.8. The molecule has 0 spiro atoms. The van der Waals surface area contributed by atoms with Crippen LogP contribution < -0.4 is 5.32 Å². The number of nitriles is 1. The number of carbonyl (C=O) groups excluding carboxylic acids is 1. The van der Waals surface area contributed by atoms with E-state index in [-0.39, 0.29) is 41.0 Å². The number of hydrogen-bond donors (Lipinski definition) is 3. The van der Waals surface area contributed by atoms with E-state index in [4.69, 9.17) is 10.00 Å². The summed E-state index contributed by atoms with van der Waals surface area (Å²) in [5.41, 5.74) is 4.14. The van der Waals surface area contributed by atoms with Crippen molar-refractivity contribution in [2.75, 3.05) is 11.9 Å². The van der Waals surface area contributed by atoms with Gasteiger partial charge in [0.25, 0.3) is 5.91 Å². The van der Waals surface area contributed by atoms with Crippen molar-refractivity contribution in [1.29, 1.82) is 5.26 Å². The van der Waals surface area contributed by atoms with Crippen LogP contribution in [0.15, 0.2) is 30.5 Å². The molecule has 1 aromatic heterocycles. The molecule has 7 heteroatoms. The fraction of sp³-hybridized carbons (Fsp3) is 0.536. The molecule has 1 amide bonds. The predicted molar refractivity (Wildman–Crippen MR) is 134 cm³/mol. The number of imidazole rings is 1. The van der Waals surface area contributed by atoms with Gasteiger partial charge in [-0.25, -0.2) is 4.98 Å². The van der Waals surface area contributed by atoms with Gasteiger partial charge in [-0.2, -0.15) is 5.26 Å². The molecule has 3 heterocycles. The largest absolute Gasteiger partial charge is 0.393 e. The van der Waals surface area contributed by atoms with Crippen molar-refractivity contribution >= 4 is 17.2 Å². The van der Waals surface area contributed by atoms with Crippen LogP contribution in [0.1, 0.15) is 99.1 Å². The van der Waals surface area contributed by atoms with Gasteiger partial charge in [0.2, 0.25) is 0 Å². The van der Waals surface area contributed by atoms with Crippen LogP contribution in [0.25, 0.3) is 5.57 Å². The summed E-state index contributed by atoms with van der Waals surface area (Å²) in [7, 11) is 0. The van der Waals surface area contributed by atoms with Crippen LogP contribution in [0.4, 0.5) is 5.69 Å². The highest BCUT2D eigenvalue weighted by molar-refractivity contribution is 6.03. The van der Waals surface area contributed by atoms with Crippen molar-refractivity contribution in [3.63, 3.8) is 0 Å². The van der Waals surface area contributed by atoms with E-state index in [9.17, 15) is 9.90 Å². The SMILES string of the molecule is CC1(C)CC=C(c2cc(C3CC4(CO)CC[C@](C)(C3)O4)ccc2NC(=O)c2ncc(C#N)[nH]2)CC1. The van der Waals surface area contributed by atoms with E-state index in [1.807, 2.05) is 12.1 Å². The Morgan fingerprint density at radius 1 is 1.29 bits per heavy atom. The molecule has 1 aliphatic carbocycles. The number of amides is 1. The Hall–Kier alpha value is -2.95. The van der Waals surface area contributed by atoms with Crippen LogP contribution >= 0.6 is 0 Å². The number of H-pyrrole nitrogens is 1. The predicted octanol–water partition coefficient (Wildman–Crippen LogP) is 5.30. The lowest BCUT2D eigenvalue weighted by Gasteiger charge is -2.42. The maximum atomic E-state index is 12.9. The van der Waals surface area contributed by atoms with Crippen LogP contribution in [0.3, 0.4) is 0 Å². The second kappa shape index (κ2) is 8.61. The van der Waals surface area contributed by atoms with Crippen LogP contribution in [-0.4, -0.2) is 38.8 Å². The summed E-state index contributed by atoms with van der Waals surface area (Å²) in [6.45, 7) is 6.79. The Balaban J connectivity index is 1.49. The summed E-state index contributed by atoms with van der Waals surface area (Å²) in [5.74, 6) is 0.0399. The third-order valence-electron chi connectivity index (χ3n) is 8.15. The first kappa shape index (κ1) is 23.8. The fourth-order valence-corrected chi connectivity index (χ4v) is 6.05. The number of nitrogens with zero attached hydrogens (tertiary/aromatic N) is 2. The second-order valence-electron chi connectivity index (χ2n) is 11.6. The highest BCUT2D eigenvalue weighted by atomic mass is 16.5. The van der Waals surface area contributed by atoms with Crippen molar-refractivity contribution in [3.05, 3.63) is 53.1 Å². The summed E-state index contributed by atoms with van der Waals surface area (Å²) < 4.78 is 6.33. The van der Waals surface area contributed by atoms with Crippen LogP contribution in [-0.2, 0) is 4.74 Å². The lowest BCUT2D eigenvalue weighted by molar-refractivity contribution is -0.154. The molecule has 3 N–H and O–H groups in total. The molecule has 5 rings (SSSR count). The van der Waals surface area contributed by atoms with Crippen molar-refractivity contribution in [2.45, 2.75) is 82.8 Å². The van der Waals surface area contributed by atoms with Gasteiger partial charge in [0.1, 0.15) is 11.8 Å². The number of anilines is 1. The van der Waals surface area contributed by atoms with Crippen LogP contribution in [0.2, 0.25) is 0 Å². The third kappa shape index (κ3) is 4.65. The summed E-state index contributed by atoms with van der Waals surface area (Å²) in [6, 6.07) is 8.28. The topological polar surface area (TPSA) is 111 Å². The summed E-state index contributed by atoms with van der Waals surface area (Å²) in [6.07, 6.45) is 10.3. The summed E-state index contributed by atoms with van der Waals surface area (Å²) in [5, 5.41) is 22.2. The molecule has 2 bridgehead atoms. The standard InChI is InChI=1S/C28H34N4O3/c1-26(2)8-6-18(7-9-26)22-12-19(20-13-27(3)10-11-28(14-20,17-33)35-27)4-5-23(22)32-25(34)24-30-16-21(15-29)31-24/h4-6,12,16,20,33H,7-11,13-14,17H2,1-3H3,(H,30,31)(H,32,34)/t20?,27-,28?/m1/s1. The minimum atomic E-state index is -0.448. The third-order valence-corrected chi connectivity index (χ3v) is 8.15. The quantitative estimate of drug-likeness (QED) is 0.544. The van der Waals surface area contributed by atoms with E-state index < -0.39 is 5.60 Å². The highest BCUT2D eigenvalue weighted by Crippen LogP contribution is 2.53. The number of aromatic amines is 1. The van der Waals surface area contributed by atoms with Gasteiger partial charge < -0.3 is 20.1 Å². The first-order valence-electron chi connectivity index (χ1n) is 12.5. The number of nitrogens with one attached hydrogen (secondary N) is 2. The van der Waals surface area contributed by atoms with Crippen molar-refractivity contribution in [2.24, 2.45) is 5.41 Å². The molecule has 1 aromatic carbocycles. The number of aromatic nitrogens is 2. The molecule has 0 saturated carbocycles. The molecule has 0 radical (unpaired) electrons. The molecule has 2 saturated heterocycles. The minimum absolute atomic E-state index is 0.0498. The maximum absolute atomic E-state index is 12.9. The van der Waals surface area contributed by atoms with Gasteiger partial charge in [0.15, 0.2) is 5.82 Å². The fourth-order valence-electron chi connectivity index (χ4n) is 6.05. The number of ether oxygens (including phenoxy) is 1. The Morgan fingerprint density at radius 2 is 2.11 bits per heavy atom. The molecule has 7 nitrogen and oxygen atoms in total. The number of hydrogen-bond acceptors (Lipinski definition) is 5. The highest BCUT2D eigenvalue weighted by Gasteiger charge is 2.52. The number of benzene rings is 1.